The molecule has 6 nitrogen and oxygen atoms in total. The Morgan fingerprint density at radius 3 is 2.39 bits per heavy atom. The van der Waals surface area contributed by atoms with Gasteiger partial charge in [-0.2, -0.15) is 11.8 Å². The molecule has 0 radical (unpaired) electrons. The second kappa shape index (κ2) is 10.9. The molecule has 0 bridgehead atoms. The third kappa shape index (κ3) is 6.10. The summed E-state index contributed by atoms with van der Waals surface area (Å²) in [5.74, 6) is -0.373. The van der Waals surface area contributed by atoms with Gasteiger partial charge < -0.3 is 15.4 Å². The van der Waals surface area contributed by atoms with Crippen LogP contribution in [-0.4, -0.2) is 42.9 Å². The molecule has 1 atom stereocenters. The molecule has 2 aromatic carbocycles. The van der Waals surface area contributed by atoms with Crippen LogP contribution >= 0.6 is 27.7 Å². The van der Waals surface area contributed by atoms with E-state index in [9.17, 15) is 14.4 Å². The lowest BCUT2D eigenvalue weighted by atomic mass is 10.1. The zero-order chi connectivity index (χ0) is 20.5. The van der Waals surface area contributed by atoms with Crippen molar-refractivity contribution in [3.63, 3.8) is 0 Å². The average Bonchev–Trinajstić information content (AvgIpc) is 2.71. The zero-order valence-corrected chi connectivity index (χ0v) is 17.9. The molecule has 8 heteroatoms. The predicted octanol–water partition coefficient (Wildman–Crippen LogP) is 3.73. The Labute approximate surface area is 176 Å². The minimum Gasteiger partial charge on any atom is -0.465 e. The van der Waals surface area contributed by atoms with E-state index < -0.39 is 12.0 Å². The van der Waals surface area contributed by atoms with Crippen molar-refractivity contribution in [3.8, 4) is 0 Å². The first-order chi connectivity index (χ1) is 13.5. The van der Waals surface area contributed by atoms with E-state index in [1.54, 1.807) is 54.2 Å². The van der Waals surface area contributed by atoms with Crippen LogP contribution in [0.25, 0.3) is 0 Å². The molecule has 0 aliphatic heterocycles. The van der Waals surface area contributed by atoms with Crippen LogP contribution in [0.2, 0.25) is 0 Å². The van der Waals surface area contributed by atoms with Crippen LogP contribution in [0.3, 0.4) is 0 Å². The minimum atomic E-state index is -0.688. The number of rotatable bonds is 8. The number of esters is 1. The molecule has 0 spiro atoms. The maximum Gasteiger partial charge on any atom is 0.337 e. The summed E-state index contributed by atoms with van der Waals surface area (Å²) in [7, 11) is 1.31. The van der Waals surface area contributed by atoms with Gasteiger partial charge in [0.15, 0.2) is 0 Å². The maximum atomic E-state index is 12.7. The summed E-state index contributed by atoms with van der Waals surface area (Å²) in [4.78, 5) is 36.8. The quantitative estimate of drug-likeness (QED) is 0.581. The van der Waals surface area contributed by atoms with Crippen molar-refractivity contribution in [2.45, 2.75) is 12.5 Å². The normalized spacial score (nSPS) is 11.4. The van der Waals surface area contributed by atoms with Gasteiger partial charge in [0.1, 0.15) is 6.04 Å². The van der Waals surface area contributed by atoms with Gasteiger partial charge >= 0.3 is 5.97 Å². The van der Waals surface area contributed by atoms with Crippen molar-refractivity contribution in [1.29, 1.82) is 0 Å². The molecule has 0 saturated heterocycles. The molecule has 2 aromatic rings. The van der Waals surface area contributed by atoms with Gasteiger partial charge in [-0.15, -0.1) is 0 Å². The summed E-state index contributed by atoms with van der Waals surface area (Å²) in [5, 5.41) is 5.58. The highest BCUT2D eigenvalue weighted by molar-refractivity contribution is 9.10. The summed E-state index contributed by atoms with van der Waals surface area (Å²) in [6.45, 7) is 0. The van der Waals surface area contributed by atoms with Crippen LogP contribution in [0.15, 0.2) is 53.0 Å². The number of nitrogens with one attached hydrogen (secondary N) is 2. The summed E-state index contributed by atoms with van der Waals surface area (Å²) < 4.78 is 5.32. The Hall–Kier alpha value is -2.32. The molecule has 2 N–H and O–H groups in total. The van der Waals surface area contributed by atoms with Crippen LogP contribution in [-0.2, 0) is 9.53 Å². The Bertz CT molecular complexity index is 842. The molecule has 148 valence electrons. The number of methoxy groups -OCH3 is 1. The largest absolute Gasteiger partial charge is 0.465 e. The lowest BCUT2D eigenvalue weighted by molar-refractivity contribution is -0.118. The molecule has 2 rings (SSSR count). The fourth-order valence-corrected chi connectivity index (χ4v) is 3.36. The van der Waals surface area contributed by atoms with E-state index in [-0.39, 0.29) is 11.8 Å². The van der Waals surface area contributed by atoms with Crippen LogP contribution in [0.4, 0.5) is 5.69 Å². The van der Waals surface area contributed by atoms with Crippen LogP contribution in [0, 0.1) is 0 Å². The Kier molecular flexibility index (Phi) is 8.53. The van der Waals surface area contributed by atoms with Crippen molar-refractivity contribution in [2.75, 3.05) is 24.4 Å². The third-order valence-electron chi connectivity index (χ3n) is 3.92. The van der Waals surface area contributed by atoms with E-state index >= 15 is 0 Å². The summed E-state index contributed by atoms with van der Waals surface area (Å²) >= 11 is 4.95. The fourth-order valence-electron chi connectivity index (χ4n) is 2.42. The molecule has 2 amide bonds. The van der Waals surface area contributed by atoms with Crippen molar-refractivity contribution in [2.24, 2.45) is 0 Å². The number of halogens is 1. The third-order valence-corrected chi connectivity index (χ3v) is 5.26. The number of amides is 2. The van der Waals surface area contributed by atoms with Crippen LogP contribution < -0.4 is 10.6 Å². The van der Waals surface area contributed by atoms with E-state index in [1.165, 1.54) is 7.11 Å². The summed E-state index contributed by atoms with van der Waals surface area (Å²) in [6.07, 6.45) is 2.43. The topological polar surface area (TPSA) is 84.5 Å². The zero-order valence-electron chi connectivity index (χ0n) is 15.5. The molecular formula is C20H21BrN2O4S. The number of benzene rings is 2. The van der Waals surface area contributed by atoms with Gasteiger partial charge in [0.25, 0.3) is 5.91 Å². The first-order valence-corrected chi connectivity index (χ1v) is 10.7. The molecule has 0 aromatic heterocycles. The Morgan fingerprint density at radius 2 is 1.79 bits per heavy atom. The van der Waals surface area contributed by atoms with Crippen molar-refractivity contribution in [3.05, 3.63) is 64.1 Å². The van der Waals surface area contributed by atoms with Crippen LogP contribution in [0.1, 0.15) is 27.1 Å². The highest BCUT2D eigenvalue weighted by atomic mass is 79.9. The smallest absolute Gasteiger partial charge is 0.337 e. The van der Waals surface area contributed by atoms with E-state index in [1.807, 2.05) is 12.3 Å². The van der Waals surface area contributed by atoms with E-state index in [0.717, 1.165) is 5.75 Å². The standard InChI is InChI=1S/C20H21BrN2O4S/c1-27-20(26)13-7-9-14(10-8-13)22-19(25)17(11-12-28-2)23-18(24)15-5-3-4-6-16(15)21/h3-10,17H,11-12H2,1-2H3,(H,22,25)(H,23,24). The molecule has 1 unspecified atom stereocenters. The van der Waals surface area contributed by atoms with Crippen LogP contribution in [0.5, 0.6) is 0 Å². The van der Waals surface area contributed by atoms with Gasteiger partial charge in [0.05, 0.1) is 18.2 Å². The first kappa shape index (κ1) is 22.0. The second-order valence-corrected chi connectivity index (χ2v) is 7.69. The molecule has 0 aliphatic carbocycles. The Balaban J connectivity index is 2.09. The number of ether oxygens (including phenoxy) is 1. The predicted molar refractivity (Wildman–Crippen MR) is 115 cm³/mol. The molecule has 28 heavy (non-hydrogen) atoms. The van der Waals surface area contributed by atoms with Crippen molar-refractivity contribution >= 4 is 51.2 Å². The molecular weight excluding hydrogens is 444 g/mol. The van der Waals surface area contributed by atoms with Gasteiger partial charge in [-0.1, -0.05) is 12.1 Å². The maximum absolute atomic E-state index is 12.7. The highest BCUT2D eigenvalue weighted by Crippen LogP contribution is 2.17. The van der Waals surface area contributed by atoms with Gasteiger partial charge in [-0.05, 0) is 70.8 Å². The van der Waals surface area contributed by atoms with Gasteiger partial charge in [0.2, 0.25) is 5.91 Å². The lowest BCUT2D eigenvalue weighted by Crippen LogP contribution is -2.44. The second-order valence-electron chi connectivity index (χ2n) is 5.85. The van der Waals surface area contributed by atoms with Gasteiger partial charge in [-0.25, -0.2) is 4.79 Å². The molecule has 0 saturated carbocycles. The molecule has 0 heterocycles. The number of thioether (sulfide) groups is 1. The number of carbonyl (C=O) groups is 3. The summed E-state index contributed by atoms with van der Waals surface area (Å²) in [5.41, 5.74) is 1.38. The summed E-state index contributed by atoms with van der Waals surface area (Å²) in [6, 6.07) is 12.7. The highest BCUT2D eigenvalue weighted by Gasteiger charge is 2.22. The van der Waals surface area contributed by atoms with Crippen molar-refractivity contribution < 1.29 is 19.1 Å². The number of hydrogen-bond donors (Lipinski definition) is 2. The fraction of sp³-hybridized carbons (Fsp3) is 0.250. The van der Waals surface area contributed by atoms with Crippen molar-refractivity contribution in [1.82, 2.24) is 5.32 Å². The number of carbonyl (C=O) groups excluding carboxylic acids is 3. The molecule has 0 aliphatic rings. The van der Waals surface area contributed by atoms with Gasteiger partial charge in [0, 0.05) is 10.2 Å². The monoisotopic (exact) mass is 464 g/mol. The van der Waals surface area contributed by atoms with Gasteiger partial charge in [-0.3, -0.25) is 9.59 Å². The number of anilines is 1. The molecule has 0 fully saturated rings. The lowest BCUT2D eigenvalue weighted by Gasteiger charge is -2.19. The van der Waals surface area contributed by atoms with E-state index in [2.05, 4.69) is 31.3 Å². The Morgan fingerprint density at radius 1 is 1.11 bits per heavy atom. The average molecular weight is 465 g/mol. The van der Waals surface area contributed by atoms with E-state index in [0.29, 0.717) is 27.7 Å². The minimum absolute atomic E-state index is 0.319. The van der Waals surface area contributed by atoms with E-state index in [4.69, 9.17) is 0 Å². The first-order valence-electron chi connectivity index (χ1n) is 8.49. The number of hydrogen-bond acceptors (Lipinski definition) is 5. The SMILES string of the molecule is COC(=O)c1ccc(NC(=O)C(CCSC)NC(=O)c2ccccc2Br)cc1.